The Hall–Kier alpha value is -5.60. The molecule has 0 radical (unpaired) electrons. The van der Waals surface area contributed by atoms with Crippen LogP contribution in [0.15, 0.2) is 66.9 Å². The van der Waals surface area contributed by atoms with Gasteiger partial charge in [-0.3, -0.25) is 28.9 Å². The summed E-state index contributed by atoms with van der Waals surface area (Å²) in [4.78, 5) is 69.1. The van der Waals surface area contributed by atoms with Crippen molar-refractivity contribution in [1.82, 2.24) is 35.3 Å². The van der Waals surface area contributed by atoms with Crippen LogP contribution in [-0.4, -0.2) is 206 Å². The van der Waals surface area contributed by atoms with Crippen molar-refractivity contribution in [3.63, 3.8) is 0 Å². The lowest BCUT2D eigenvalue weighted by atomic mass is 9.83. The van der Waals surface area contributed by atoms with Crippen LogP contribution in [0.25, 0.3) is 11.3 Å². The number of aliphatic hydroxyl groups is 1. The number of rotatable bonds is 40. The molecule has 0 spiro atoms. The molecule has 2 aliphatic heterocycles. The Labute approximate surface area is 455 Å². The van der Waals surface area contributed by atoms with Gasteiger partial charge in [-0.05, 0) is 41.0 Å². The monoisotopic (exact) mass is 1100 g/mol. The molecule has 78 heavy (non-hydrogen) atoms. The fourth-order valence-corrected chi connectivity index (χ4v) is 8.66. The van der Waals surface area contributed by atoms with Crippen molar-refractivity contribution in [3.05, 3.63) is 89.9 Å². The quantitative estimate of drug-likeness (QED) is 0.0473. The zero-order valence-electron chi connectivity index (χ0n) is 45.3. The highest BCUT2D eigenvalue weighted by atomic mass is 19.1. The van der Waals surface area contributed by atoms with E-state index in [2.05, 4.69) is 16.0 Å². The summed E-state index contributed by atoms with van der Waals surface area (Å²) in [5, 5.41) is 19.4. The van der Waals surface area contributed by atoms with Gasteiger partial charge in [-0.15, -0.1) is 0 Å². The number of nitrogens with zero attached hydrogens (tertiary/aromatic N) is 4. The summed E-state index contributed by atoms with van der Waals surface area (Å²) < 4.78 is 75.6. The average molecular weight is 1100 g/mol. The smallest absolute Gasteiger partial charge is 0.253 e. The highest BCUT2D eigenvalue weighted by molar-refractivity contribution is 6.13. The molecule has 4 N–H and O–H groups in total. The molecule has 3 heterocycles. The van der Waals surface area contributed by atoms with Crippen LogP contribution in [-0.2, 0) is 68.4 Å². The number of ether oxygens (including phenoxy) is 8. The van der Waals surface area contributed by atoms with E-state index in [0.717, 1.165) is 28.7 Å². The molecule has 432 valence electrons. The molecule has 1 fully saturated rings. The molecule has 2 aliphatic rings. The Kier molecular flexibility index (Phi) is 28.5. The molecule has 21 nitrogen and oxygen atoms in total. The van der Waals surface area contributed by atoms with Gasteiger partial charge in [-0.2, -0.15) is 0 Å². The highest BCUT2D eigenvalue weighted by Crippen LogP contribution is 2.40. The molecule has 0 saturated carbocycles. The minimum absolute atomic E-state index is 0.000934. The maximum Gasteiger partial charge on any atom is 0.253 e. The van der Waals surface area contributed by atoms with Crippen molar-refractivity contribution in [2.24, 2.45) is 17.3 Å². The minimum atomic E-state index is -0.737. The largest absolute Gasteiger partial charge is 0.387 e. The molecular weight excluding hydrogens is 1020 g/mol. The van der Waals surface area contributed by atoms with Gasteiger partial charge in [-0.1, -0.05) is 51.1 Å². The van der Waals surface area contributed by atoms with Gasteiger partial charge in [0.15, 0.2) is 0 Å². The summed E-state index contributed by atoms with van der Waals surface area (Å²) in [7, 11) is 0. The van der Waals surface area contributed by atoms with Crippen LogP contribution >= 0.6 is 0 Å². The number of aliphatic hydroxyl groups excluding tert-OH is 1. The molecule has 1 aromatic heterocycles. The van der Waals surface area contributed by atoms with Crippen LogP contribution in [0.4, 0.5) is 8.78 Å². The van der Waals surface area contributed by atoms with E-state index < -0.39 is 47.4 Å². The maximum absolute atomic E-state index is 15.2. The van der Waals surface area contributed by atoms with Crippen molar-refractivity contribution in [3.8, 4) is 11.3 Å². The molecule has 23 heteroatoms. The Morgan fingerprint density at radius 3 is 1.79 bits per heavy atom. The number of imidazole rings is 1. The van der Waals surface area contributed by atoms with E-state index in [1.54, 1.807) is 11.1 Å². The third-order valence-electron chi connectivity index (χ3n) is 12.6. The standard InChI is InChI=1S/C55H79F2N7O14/c1-55(2,3)53(54-61-47(45-33-44(56)9-10-46(45)57)39-62(54)37-41-7-5-4-6-8-41)64(52(70)40-65)38-43-35-58-34-42(43)36-60-49(67)14-17-71-19-21-73-23-25-75-27-29-77-31-32-78-30-28-76-26-24-74-22-20-72-18-15-59-48(66)13-16-63-50(68)11-12-51(63)69/h4-12,33,39,42-43,53,58,65H,13-32,34-38,40H2,1-3H3,(H,59,66)(H,60,67). The first-order valence-electron chi connectivity index (χ1n) is 26.6. The van der Waals surface area contributed by atoms with Crippen LogP contribution in [0, 0.1) is 28.9 Å². The number of aromatic nitrogens is 2. The molecule has 0 aliphatic carbocycles. The number of halogens is 2. The summed E-state index contributed by atoms with van der Waals surface area (Å²) in [6, 6.07) is 12.2. The summed E-state index contributed by atoms with van der Waals surface area (Å²) in [5.74, 6) is -2.64. The van der Waals surface area contributed by atoms with Crippen LogP contribution in [0.5, 0.6) is 0 Å². The van der Waals surface area contributed by atoms with Crippen molar-refractivity contribution in [2.45, 2.75) is 46.2 Å². The van der Waals surface area contributed by atoms with E-state index in [0.29, 0.717) is 138 Å². The molecule has 0 bridgehead atoms. The first kappa shape index (κ1) is 63.2. The van der Waals surface area contributed by atoms with Crippen LogP contribution in [0.2, 0.25) is 0 Å². The predicted molar refractivity (Wildman–Crippen MR) is 282 cm³/mol. The van der Waals surface area contributed by atoms with E-state index in [9.17, 15) is 33.5 Å². The number of hydrogen-bond acceptors (Lipinski definition) is 16. The van der Waals surface area contributed by atoms with Gasteiger partial charge in [0.2, 0.25) is 17.7 Å². The number of carbonyl (C=O) groups is 5. The molecular formula is C55H79F2N7O14. The van der Waals surface area contributed by atoms with Gasteiger partial charge in [0.1, 0.15) is 24.1 Å². The van der Waals surface area contributed by atoms with E-state index in [1.807, 2.05) is 55.7 Å². The summed E-state index contributed by atoms with van der Waals surface area (Å²) in [6.45, 7) is 13.7. The van der Waals surface area contributed by atoms with Crippen molar-refractivity contribution < 1.29 is 75.8 Å². The molecule has 3 aromatic rings. The van der Waals surface area contributed by atoms with E-state index in [1.165, 1.54) is 12.2 Å². The van der Waals surface area contributed by atoms with Gasteiger partial charge in [-0.25, -0.2) is 13.8 Å². The second-order valence-corrected chi connectivity index (χ2v) is 19.6. The first-order valence-corrected chi connectivity index (χ1v) is 26.6. The fourth-order valence-electron chi connectivity index (χ4n) is 8.66. The number of hydrogen-bond donors (Lipinski definition) is 4. The van der Waals surface area contributed by atoms with Crippen LogP contribution in [0.1, 0.15) is 51.0 Å². The van der Waals surface area contributed by atoms with E-state index in [-0.39, 0.29) is 67.4 Å². The third-order valence-corrected chi connectivity index (χ3v) is 12.6. The van der Waals surface area contributed by atoms with Crippen molar-refractivity contribution in [1.29, 1.82) is 0 Å². The molecule has 3 unspecified atom stereocenters. The number of benzene rings is 2. The van der Waals surface area contributed by atoms with Crippen LogP contribution < -0.4 is 16.0 Å². The highest BCUT2D eigenvalue weighted by Gasteiger charge is 2.41. The van der Waals surface area contributed by atoms with Crippen molar-refractivity contribution >= 4 is 29.5 Å². The number of carbonyl (C=O) groups excluding carboxylic acids is 5. The third kappa shape index (κ3) is 22.6. The maximum atomic E-state index is 15.2. The zero-order chi connectivity index (χ0) is 56.0. The average Bonchev–Trinajstić information content (AvgIpc) is 4.24. The summed E-state index contributed by atoms with van der Waals surface area (Å²) in [6.07, 6.45) is 4.24. The van der Waals surface area contributed by atoms with E-state index in [4.69, 9.17) is 42.9 Å². The Bertz CT molecular complexity index is 2300. The molecule has 1 saturated heterocycles. The van der Waals surface area contributed by atoms with Gasteiger partial charge in [0.05, 0.1) is 117 Å². The van der Waals surface area contributed by atoms with Crippen LogP contribution in [0.3, 0.4) is 0 Å². The lowest BCUT2D eigenvalue weighted by Gasteiger charge is -2.41. The minimum Gasteiger partial charge on any atom is -0.387 e. The fraction of sp³-hybridized carbons (Fsp3) is 0.600. The van der Waals surface area contributed by atoms with Gasteiger partial charge >= 0.3 is 0 Å². The Morgan fingerprint density at radius 2 is 1.24 bits per heavy atom. The second kappa shape index (κ2) is 35.1. The number of imide groups is 1. The number of amides is 5. The second-order valence-electron chi connectivity index (χ2n) is 19.6. The predicted octanol–water partition coefficient (Wildman–Crippen LogP) is 2.69. The zero-order valence-corrected chi connectivity index (χ0v) is 45.3. The molecule has 2 aromatic carbocycles. The molecule has 3 atom stereocenters. The lowest BCUT2D eigenvalue weighted by Crippen LogP contribution is -2.47. The summed E-state index contributed by atoms with van der Waals surface area (Å²) >= 11 is 0. The van der Waals surface area contributed by atoms with Crippen molar-refractivity contribution in [2.75, 3.05) is 152 Å². The van der Waals surface area contributed by atoms with E-state index >= 15 is 4.39 Å². The lowest BCUT2D eigenvalue weighted by molar-refractivity contribution is -0.141. The number of nitrogens with one attached hydrogen (secondary N) is 3. The topological polar surface area (TPSA) is 240 Å². The summed E-state index contributed by atoms with van der Waals surface area (Å²) in [5.41, 5.74) is 0.541. The Morgan fingerprint density at radius 1 is 0.718 bits per heavy atom. The van der Waals surface area contributed by atoms with Gasteiger partial charge < -0.3 is 68.4 Å². The normalized spacial score (nSPS) is 15.8. The van der Waals surface area contributed by atoms with Gasteiger partial charge in [0.25, 0.3) is 11.8 Å². The molecule has 5 rings (SSSR count). The van der Waals surface area contributed by atoms with Gasteiger partial charge in [0, 0.05) is 82.6 Å². The Balaban J connectivity index is 0.852. The first-order chi connectivity index (χ1) is 37.7. The SMILES string of the molecule is CC(C)(C)C(c1nc(-c2cc(F)ccc2F)cn1Cc1ccccc1)N(CC1CNCC1CNC(=O)CCOCCOCCOCCOCCOCCOCCOCCOCCNC(=O)CCN1C(=O)C=CC1=O)C(=O)CO. The molecule has 5 amide bonds.